The number of benzene rings is 1. The molecular formula is C13H15ClN2O2S. The standard InChI is InChI=1S/C13H15ClN2O2S/c14-9-1-3-10(4-2-9)16-12(17)13(11(15)19)5-7-18-8-6-13/h1-4H,5-8H2,(H2,15,19)(H,16,17). The first-order chi connectivity index (χ1) is 9.04. The summed E-state index contributed by atoms with van der Waals surface area (Å²) in [5.41, 5.74) is 5.64. The van der Waals surface area contributed by atoms with Crippen molar-refractivity contribution in [3.63, 3.8) is 0 Å². The summed E-state index contributed by atoms with van der Waals surface area (Å²) in [4.78, 5) is 12.7. The maximum Gasteiger partial charge on any atom is 0.237 e. The Labute approximate surface area is 122 Å². The van der Waals surface area contributed by atoms with Crippen LogP contribution in [0.1, 0.15) is 12.8 Å². The fourth-order valence-electron chi connectivity index (χ4n) is 2.09. The smallest absolute Gasteiger partial charge is 0.237 e. The SMILES string of the molecule is NC(=S)C1(C(=O)Nc2ccc(Cl)cc2)CCOCC1. The topological polar surface area (TPSA) is 64.4 Å². The first-order valence-electron chi connectivity index (χ1n) is 5.99. The Morgan fingerprint density at radius 3 is 2.42 bits per heavy atom. The van der Waals surface area contributed by atoms with Crippen LogP contribution in [0.5, 0.6) is 0 Å². The van der Waals surface area contributed by atoms with E-state index in [-0.39, 0.29) is 10.9 Å². The van der Waals surface area contributed by atoms with Gasteiger partial charge in [0.15, 0.2) is 0 Å². The van der Waals surface area contributed by atoms with Crippen molar-refractivity contribution in [3.8, 4) is 0 Å². The molecule has 1 aromatic rings. The summed E-state index contributed by atoms with van der Waals surface area (Å²) in [6.45, 7) is 0.983. The number of nitrogens with one attached hydrogen (secondary N) is 1. The average molecular weight is 299 g/mol. The number of rotatable bonds is 3. The molecule has 0 spiro atoms. The zero-order chi connectivity index (χ0) is 13.9. The van der Waals surface area contributed by atoms with Crippen LogP contribution in [0, 0.1) is 5.41 Å². The third kappa shape index (κ3) is 3.05. The Morgan fingerprint density at radius 1 is 1.32 bits per heavy atom. The number of amides is 1. The molecule has 0 bridgehead atoms. The molecule has 0 atom stereocenters. The van der Waals surface area contributed by atoms with E-state index in [2.05, 4.69) is 5.32 Å². The van der Waals surface area contributed by atoms with Crippen LogP contribution < -0.4 is 11.1 Å². The molecule has 3 N–H and O–H groups in total. The molecule has 1 saturated heterocycles. The van der Waals surface area contributed by atoms with Gasteiger partial charge in [0, 0.05) is 23.9 Å². The molecule has 0 unspecified atom stereocenters. The van der Waals surface area contributed by atoms with Gasteiger partial charge >= 0.3 is 0 Å². The molecule has 0 aliphatic carbocycles. The summed E-state index contributed by atoms with van der Waals surface area (Å²) >= 11 is 10.9. The van der Waals surface area contributed by atoms with Crippen molar-refractivity contribution in [2.75, 3.05) is 18.5 Å². The maximum absolute atomic E-state index is 12.4. The van der Waals surface area contributed by atoms with Gasteiger partial charge in [-0.25, -0.2) is 0 Å². The maximum atomic E-state index is 12.4. The zero-order valence-corrected chi connectivity index (χ0v) is 11.9. The molecule has 102 valence electrons. The minimum atomic E-state index is -0.812. The molecule has 1 fully saturated rings. The fourth-order valence-corrected chi connectivity index (χ4v) is 2.51. The van der Waals surface area contributed by atoms with Crippen LogP contribution >= 0.6 is 23.8 Å². The second-order valence-corrected chi connectivity index (χ2v) is 5.40. The Kier molecular flexibility index (Phi) is 4.39. The molecule has 1 amide bonds. The Bertz CT molecular complexity index is 484. The normalized spacial score (nSPS) is 17.7. The van der Waals surface area contributed by atoms with E-state index in [0.717, 1.165) is 0 Å². The van der Waals surface area contributed by atoms with Crippen LogP contribution in [-0.4, -0.2) is 24.1 Å². The van der Waals surface area contributed by atoms with Crippen molar-refractivity contribution in [3.05, 3.63) is 29.3 Å². The molecule has 6 heteroatoms. The van der Waals surface area contributed by atoms with Gasteiger partial charge in [-0.2, -0.15) is 0 Å². The number of ether oxygens (including phenoxy) is 1. The van der Waals surface area contributed by atoms with Crippen molar-refractivity contribution < 1.29 is 9.53 Å². The summed E-state index contributed by atoms with van der Waals surface area (Å²) in [6, 6.07) is 6.92. The van der Waals surface area contributed by atoms with Crippen molar-refractivity contribution in [2.24, 2.45) is 11.1 Å². The molecule has 0 aromatic heterocycles. The predicted octanol–water partition coefficient (Wildman–Crippen LogP) is 2.36. The third-order valence-corrected chi connectivity index (χ3v) is 4.00. The van der Waals surface area contributed by atoms with Crippen molar-refractivity contribution in [2.45, 2.75) is 12.8 Å². The first-order valence-corrected chi connectivity index (χ1v) is 6.78. The molecule has 2 rings (SSSR count). The van der Waals surface area contributed by atoms with Gasteiger partial charge in [-0.05, 0) is 37.1 Å². The van der Waals surface area contributed by atoms with E-state index in [1.807, 2.05) is 0 Å². The minimum Gasteiger partial charge on any atom is -0.392 e. The zero-order valence-electron chi connectivity index (χ0n) is 10.3. The average Bonchev–Trinajstić information content (AvgIpc) is 2.42. The molecule has 1 aliphatic rings. The summed E-state index contributed by atoms with van der Waals surface area (Å²) in [5, 5.41) is 3.46. The summed E-state index contributed by atoms with van der Waals surface area (Å²) < 4.78 is 5.28. The predicted molar refractivity (Wildman–Crippen MR) is 79.4 cm³/mol. The Hall–Kier alpha value is -1.17. The molecule has 4 nitrogen and oxygen atoms in total. The monoisotopic (exact) mass is 298 g/mol. The Morgan fingerprint density at radius 2 is 1.89 bits per heavy atom. The van der Waals surface area contributed by atoms with E-state index in [1.54, 1.807) is 24.3 Å². The van der Waals surface area contributed by atoms with E-state index < -0.39 is 5.41 Å². The quantitative estimate of drug-likeness (QED) is 0.841. The van der Waals surface area contributed by atoms with Gasteiger partial charge in [0.1, 0.15) is 5.41 Å². The summed E-state index contributed by atoms with van der Waals surface area (Å²) in [7, 11) is 0. The minimum absolute atomic E-state index is 0.175. The van der Waals surface area contributed by atoms with Crippen LogP contribution in [0.25, 0.3) is 0 Å². The second kappa shape index (κ2) is 5.86. The molecule has 1 aliphatic heterocycles. The molecule has 19 heavy (non-hydrogen) atoms. The highest BCUT2D eigenvalue weighted by atomic mass is 35.5. The van der Waals surface area contributed by atoms with Crippen LogP contribution in [0.2, 0.25) is 5.02 Å². The summed E-state index contributed by atoms with van der Waals surface area (Å²) in [5.74, 6) is -0.175. The van der Waals surface area contributed by atoms with Crippen molar-refractivity contribution in [1.82, 2.24) is 0 Å². The lowest BCUT2D eigenvalue weighted by Crippen LogP contribution is -2.49. The van der Waals surface area contributed by atoms with Gasteiger partial charge in [0.2, 0.25) is 5.91 Å². The van der Waals surface area contributed by atoms with Crippen molar-refractivity contribution >= 4 is 40.4 Å². The number of hydrogen-bond acceptors (Lipinski definition) is 3. The van der Waals surface area contributed by atoms with E-state index >= 15 is 0 Å². The molecule has 1 heterocycles. The van der Waals surface area contributed by atoms with Crippen LogP contribution in [0.3, 0.4) is 0 Å². The number of nitrogens with two attached hydrogens (primary N) is 1. The lowest BCUT2D eigenvalue weighted by molar-refractivity contribution is -0.126. The van der Waals surface area contributed by atoms with E-state index in [9.17, 15) is 4.79 Å². The van der Waals surface area contributed by atoms with Crippen LogP contribution in [-0.2, 0) is 9.53 Å². The largest absolute Gasteiger partial charge is 0.392 e. The lowest BCUT2D eigenvalue weighted by atomic mass is 9.79. The number of anilines is 1. The number of thiocarbonyl (C=S) groups is 1. The van der Waals surface area contributed by atoms with E-state index in [1.165, 1.54) is 0 Å². The summed E-state index contributed by atoms with van der Waals surface area (Å²) in [6.07, 6.45) is 1.03. The second-order valence-electron chi connectivity index (χ2n) is 4.52. The highest BCUT2D eigenvalue weighted by Gasteiger charge is 2.42. The highest BCUT2D eigenvalue weighted by Crippen LogP contribution is 2.32. The number of hydrogen-bond donors (Lipinski definition) is 2. The van der Waals surface area contributed by atoms with E-state index in [4.69, 9.17) is 34.3 Å². The van der Waals surface area contributed by atoms with Crippen molar-refractivity contribution in [1.29, 1.82) is 0 Å². The Balaban J connectivity index is 2.16. The van der Waals surface area contributed by atoms with Gasteiger partial charge in [-0.15, -0.1) is 0 Å². The highest BCUT2D eigenvalue weighted by molar-refractivity contribution is 7.80. The van der Waals surface area contributed by atoms with Gasteiger partial charge in [-0.3, -0.25) is 4.79 Å². The van der Waals surface area contributed by atoms with Gasteiger partial charge in [0.25, 0.3) is 0 Å². The van der Waals surface area contributed by atoms with Crippen LogP contribution in [0.4, 0.5) is 5.69 Å². The first kappa shape index (κ1) is 14.2. The van der Waals surface area contributed by atoms with E-state index in [0.29, 0.717) is 36.8 Å². The van der Waals surface area contributed by atoms with Crippen LogP contribution in [0.15, 0.2) is 24.3 Å². The molecule has 0 radical (unpaired) electrons. The fraction of sp³-hybridized carbons (Fsp3) is 0.385. The van der Waals surface area contributed by atoms with Gasteiger partial charge in [0.05, 0.1) is 4.99 Å². The number of carbonyl (C=O) groups excluding carboxylic acids is 1. The molecule has 1 aromatic carbocycles. The molecule has 0 saturated carbocycles. The lowest BCUT2D eigenvalue weighted by Gasteiger charge is -2.34. The number of carbonyl (C=O) groups is 1. The van der Waals surface area contributed by atoms with Gasteiger partial charge < -0.3 is 15.8 Å². The molecular weight excluding hydrogens is 284 g/mol. The third-order valence-electron chi connectivity index (χ3n) is 3.35. The van der Waals surface area contributed by atoms with Gasteiger partial charge in [-0.1, -0.05) is 23.8 Å². The number of halogens is 1.